The molecule has 1 aromatic heterocycles. The zero-order valence-electron chi connectivity index (χ0n) is 27.7. The fraction of sp³-hybridized carbons (Fsp3) is 0.294. The van der Waals surface area contributed by atoms with Crippen molar-refractivity contribution in [2.75, 3.05) is 31.8 Å². The fourth-order valence-corrected chi connectivity index (χ4v) is 5.41. The van der Waals surface area contributed by atoms with Gasteiger partial charge in [0.2, 0.25) is 10.0 Å². The van der Waals surface area contributed by atoms with Crippen molar-refractivity contribution in [3.05, 3.63) is 119 Å². The van der Waals surface area contributed by atoms with Crippen LogP contribution in [-0.4, -0.2) is 85.7 Å². The van der Waals surface area contributed by atoms with Gasteiger partial charge >= 0.3 is 0 Å². The molecule has 0 aliphatic rings. The van der Waals surface area contributed by atoms with Crippen LogP contribution < -0.4 is 14.9 Å². The average molecular weight is 695 g/mol. The number of sulfonamides is 1. The molecule has 3 amide bonds. The highest BCUT2D eigenvalue weighted by Crippen LogP contribution is 2.23. The number of halogens is 1. The molecule has 3 atom stereocenters. The molecular weight excluding hydrogens is 655 g/mol. The van der Waals surface area contributed by atoms with E-state index in [4.69, 9.17) is 4.84 Å². The Kier molecular flexibility index (Phi) is 11.9. The van der Waals surface area contributed by atoms with Gasteiger partial charge in [-0.1, -0.05) is 42.5 Å². The molecule has 260 valence electrons. The first-order valence-corrected chi connectivity index (χ1v) is 17.0. The Morgan fingerprint density at radius 3 is 2.16 bits per heavy atom. The number of carbonyl (C=O) groups excluding carboxylic acids is 3. The highest BCUT2D eigenvalue weighted by Gasteiger charge is 2.26. The lowest BCUT2D eigenvalue weighted by atomic mass is 10.00. The monoisotopic (exact) mass is 694 g/mol. The van der Waals surface area contributed by atoms with Crippen molar-refractivity contribution in [1.82, 2.24) is 25.5 Å². The molecule has 13 nitrogen and oxygen atoms in total. The molecule has 3 N–H and O–H groups in total. The maximum atomic E-state index is 13.8. The van der Waals surface area contributed by atoms with Gasteiger partial charge in [0.15, 0.2) is 0 Å². The first-order valence-electron chi connectivity index (χ1n) is 15.2. The van der Waals surface area contributed by atoms with Crippen LogP contribution in [0.1, 0.15) is 55.2 Å². The Hall–Kier alpha value is -5.12. The summed E-state index contributed by atoms with van der Waals surface area (Å²) in [6.07, 6.45) is 2.78. The van der Waals surface area contributed by atoms with E-state index < -0.39 is 51.7 Å². The van der Waals surface area contributed by atoms with E-state index in [1.165, 1.54) is 80.7 Å². The highest BCUT2D eigenvalue weighted by atomic mass is 32.2. The van der Waals surface area contributed by atoms with Crippen LogP contribution in [0.4, 0.5) is 10.1 Å². The number of carbonyl (C=O) groups is 3. The first kappa shape index (κ1) is 36.7. The second-order valence-electron chi connectivity index (χ2n) is 11.5. The number of nitrogens with one attached hydrogen (secondary N) is 2. The summed E-state index contributed by atoms with van der Waals surface area (Å²) in [4.78, 5) is 44.6. The van der Waals surface area contributed by atoms with Crippen molar-refractivity contribution in [2.24, 2.45) is 0 Å². The fourth-order valence-electron chi connectivity index (χ4n) is 4.92. The van der Waals surface area contributed by atoms with Crippen LogP contribution in [0.3, 0.4) is 0 Å². The third-order valence-corrected chi connectivity index (χ3v) is 9.12. The van der Waals surface area contributed by atoms with Crippen molar-refractivity contribution in [2.45, 2.75) is 38.1 Å². The summed E-state index contributed by atoms with van der Waals surface area (Å²) >= 11 is 0. The molecule has 0 saturated heterocycles. The van der Waals surface area contributed by atoms with Crippen LogP contribution in [0, 0.1) is 5.82 Å². The number of hydroxylamine groups is 2. The lowest BCUT2D eigenvalue weighted by Crippen LogP contribution is -2.46. The Morgan fingerprint density at radius 2 is 1.57 bits per heavy atom. The Balaban J connectivity index is 1.63. The minimum Gasteiger partial charge on any atom is -0.389 e. The molecule has 0 saturated carbocycles. The molecule has 0 aliphatic heterocycles. The van der Waals surface area contributed by atoms with Gasteiger partial charge in [-0.05, 0) is 54.8 Å². The maximum Gasteiger partial charge on any atom is 0.280 e. The number of hydrogen-bond acceptors (Lipinski definition) is 8. The van der Waals surface area contributed by atoms with Crippen molar-refractivity contribution in [1.29, 1.82) is 0 Å². The zero-order valence-corrected chi connectivity index (χ0v) is 28.5. The van der Waals surface area contributed by atoms with Crippen LogP contribution in [0.25, 0.3) is 0 Å². The van der Waals surface area contributed by atoms with Crippen molar-refractivity contribution < 1.29 is 37.1 Å². The van der Waals surface area contributed by atoms with Gasteiger partial charge in [-0.2, -0.15) is 5.10 Å². The van der Waals surface area contributed by atoms with Gasteiger partial charge in [0, 0.05) is 31.4 Å². The van der Waals surface area contributed by atoms with Crippen molar-refractivity contribution in [3.63, 3.8) is 0 Å². The van der Waals surface area contributed by atoms with Crippen LogP contribution >= 0.6 is 0 Å². The third kappa shape index (κ3) is 9.72. The quantitative estimate of drug-likeness (QED) is 0.170. The van der Waals surface area contributed by atoms with E-state index in [9.17, 15) is 32.3 Å². The number of anilines is 1. The number of aliphatic hydroxyl groups excluding tert-OH is 1. The predicted octanol–water partition coefficient (Wildman–Crippen LogP) is 2.94. The Morgan fingerprint density at radius 1 is 0.959 bits per heavy atom. The van der Waals surface area contributed by atoms with Crippen LogP contribution in [-0.2, 0) is 27.8 Å². The maximum absolute atomic E-state index is 13.8. The largest absolute Gasteiger partial charge is 0.389 e. The topological polar surface area (TPSA) is 163 Å². The van der Waals surface area contributed by atoms with Gasteiger partial charge in [-0.3, -0.25) is 28.2 Å². The molecule has 0 aliphatic carbocycles. The summed E-state index contributed by atoms with van der Waals surface area (Å²) < 4.78 is 40.6. The summed E-state index contributed by atoms with van der Waals surface area (Å²) in [5.41, 5.74) is 1.70. The summed E-state index contributed by atoms with van der Waals surface area (Å²) in [6.45, 7) is 1.61. The number of amides is 3. The second-order valence-corrected chi connectivity index (χ2v) is 13.5. The van der Waals surface area contributed by atoms with Crippen molar-refractivity contribution >= 4 is 33.4 Å². The van der Waals surface area contributed by atoms with Gasteiger partial charge in [0.05, 0.1) is 55.5 Å². The predicted molar refractivity (Wildman–Crippen MR) is 181 cm³/mol. The lowest BCUT2D eigenvalue weighted by molar-refractivity contribution is -0.0757. The number of aromatic nitrogens is 2. The first-order chi connectivity index (χ1) is 23.2. The molecule has 1 heterocycles. The van der Waals surface area contributed by atoms with E-state index in [-0.39, 0.29) is 35.3 Å². The molecule has 4 rings (SSSR count). The van der Waals surface area contributed by atoms with Crippen molar-refractivity contribution in [3.8, 4) is 0 Å². The number of rotatable bonds is 14. The second kappa shape index (κ2) is 15.9. The smallest absolute Gasteiger partial charge is 0.280 e. The Labute approximate surface area is 284 Å². The standard InChI is InChI=1S/C34H39FN6O7S/c1-22(24-11-13-28(35)14-12-24)37-32(43)25-16-26(18-29(17-25)40(3)49(5,46)47)33(44)38-30(15-23-9-7-6-8-10-23)31(42)21-41-20-27(19-36-41)34(45)39(2)48-4/h6-14,16-20,22,30-31,42H,15,21H2,1-5H3,(H,37,43)(H,38,44)/t22-,30+,31+/m1/s1. The average Bonchev–Trinajstić information content (AvgIpc) is 3.55. The highest BCUT2D eigenvalue weighted by molar-refractivity contribution is 7.92. The molecule has 15 heteroatoms. The SMILES string of the molecule is CON(C)C(=O)c1cnn(C[C@H](O)[C@H](Cc2ccccc2)NC(=O)c2cc(C(=O)N[C@H](C)c3ccc(F)cc3)cc(N(C)S(C)(=O)=O)c2)c1. The van der Waals surface area contributed by atoms with Crippen LogP contribution in [0.5, 0.6) is 0 Å². The molecule has 3 aromatic carbocycles. The summed E-state index contributed by atoms with van der Waals surface area (Å²) in [7, 11) is 0.309. The third-order valence-electron chi connectivity index (χ3n) is 7.91. The van der Waals surface area contributed by atoms with E-state index in [1.54, 1.807) is 6.92 Å². The number of benzene rings is 3. The van der Waals surface area contributed by atoms with Gasteiger partial charge in [0.1, 0.15) is 5.82 Å². The van der Waals surface area contributed by atoms with Crippen LogP contribution in [0.15, 0.2) is 85.2 Å². The van der Waals surface area contributed by atoms with E-state index in [2.05, 4.69) is 15.7 Å². The molecular formula is C34H39FN6O7S. The molecule has 0 unspecified atom stereocenters. The summed E-state index contributed by atoms with van der Waals surface area (Å²) in [5, 5.41) is 22.2. The van der Waals surface area contributed by atoms with E-state index in [0.29, 0.717) is 5.56 Å². The zero-order chi connectivity index (χ0) is 35.9. The minimum absolute atomic E-state index is 0.00188. The summed E-state index contributed by atoms with van der Waals surface area (Å²) in [6, 6.07) is 17.3. The number of hydrogen-bond donors (Lipinski definition) is 3. The molecule has 0 fully saturated rings. The molecule has 0 radical (unpaired) electrons. The van der Waals surface area contributed by atoms with E-state index in [0.717, 1.165) is 21.2 Å². The van der Waals surface area contributed by atoms with E-state index >= 15 is 0 Å². The normalized spacial score (nSPS) is 13.2. The molecule has 0 bridgehead atoms. The Bertz CT molecular complexity index is 1890. The van der Waals surface area contributed by atoms with E-state index in [1.807, 2.05) is 30.3 Å². The lowest BCUT2D eigenvalue weighted by Gasteiger charge is -2.25. The minimum atomic E-state index is -3.78. The number of nitrogens with zero attached hydrogens (tertiary/aromatic N) is 4. The molecule has 49 heavy (non-hydrogen) atoms. The van der Waals surface area contributed by atoms with Gasteiger partial charge in [-0.15, -0.1) is 0 Å². The van der Waals surface area contributed by atoms with Crippen LogP contribution in [0.2, 0.25) is 0 Å². The van der Waals surface area contributed by atoms with Gasteiger partial charge < -0.3 is 15.7 Å². The summed E-state index contributed by atoms with van der Waals surface area (Å²) in [5.74, 6) is -2.14. The van der Waals surface area contributed by atoms with Gasteiger partial charge in [-0.25, -0.2) is 17.9 Å². The van der Waals surface area contributed by atoms with Gasteiger partial charge in [0.25, 0.3) is 17.7 Å². The molecule has 0 spiro atoms. The number of aliphatic hydroxyl groups is 1. The molecule has 4 aromatic rings.